The van der Waals surface area contributed by atoms with Crippen LogP contribution in [0.5, 0.6) is 0 Å². The third-order valence-electron chi connectivity index (χ3n) is 2.26. The third-order valence-corrected chi connectivity index (χ3v) is 3.76. The Morgan fingerprint density at radius 1 is 1.41 bits per heavy atom. The molecule has 0 unspecified atom stereocenters. The van der Waals surface area contributed by atoms with E-state index in [0.717, 1.165) is 16.3 Å². The zero-order valence-electron chi connectivity index (χ0n) is 9.50. The lowest BCUT2D eigenvalue weighted by molar-refractivity contribution is 0.551. The van der Waals surface area contributed by atoms with Gasteiger partial charge in [-0.2, -0.15) is 0 Å². The van der Waals surface area contributed by atoms with E-state index in [1.807, 2.05) is 19.2 Å². The minimum absolute atomic E-state index is 0.353. The van der Waals surface area contributed by atoms with Crippen molar-refractivity contribution in [3.8, 4) is 11.3 Å². The van der Waals surface area contributed by atoms with Gasteiger partial charge in [0.25, 0.3) is 0 Å². The van der Waals surface area contributed by atoms with Gasteiger partial charge in [-0.15, -0.1) is 11.3 Å². The molecule has 2 nitrogen and oxygen atoms in total. The van der Waals surface area contributed by atoms with Crippen LogP contribution in [0.15, 0.2) is 23.6 Å². The molecule has 0 saturated heterocycles. The Morgan fingerprint density at radius 3 is 2.65 bits per heavy atom. The molecule has 0 amide bonds. The monoisotopic (exact) mass is 270 g/mol. The van der Waals surface area contributed by atoms with Crippen LogP contribution in [0.4, 0.5) is 4.39 Å². The smallest absolute Gasteiger partial charge is 0.124 e. The Bertz CT molecular complexity index is 546. The summed E-state index contributed by atoms with van der Waals surface area (Å²) in [6, 6.07) is 4.28. The second-order valence-electron chi connectivity index (χ2n) is 4.38. The standard InChI is InChI=1S/C12H12ClFN2S/c1-12(2,15)11-16-10(6-17-11)8-4-3-7(14)5-9(8)13/h3-6H,15H2,1-2H3. The van der Waals surface area contributed by atoms with Crippen molar-refractivity contribution in [2.75, 3.05) is 0 Å². The second-order valence-corrected chi connectivity index (χ2v) is 5.65. The number of nitrogens with two attached hydrogens (primary N) is 1. The fourth-order valence-electron chi connectivity index (χ4n) is 1.39. The molecular weight excluding hydrogens is 259 g/mol. The Hall–Kier alpha value is -0.970. The Kier molecular flexibility index (Phi) is 3.21. The zero-order chi connectivity index (χ0) is 12.6. The van der Waals surface area contributed by atoms with Gasteiger partial charge in [-0.1, -0.05) is 11.6 Å². The zero-order valence-corrected chi connectivity index (χ0v) is 11.1. The van der Waals surface area contributed by atoms with Gasteiger partial charge in [0.2, 0.25) is 0 Å². The van der Waals surface area contributed by atoms with Crippen LogP contribution in [0, 0.1) is 5.82 Å². The molecule has 0 saturated carbocycles. The molecule has 90 valence electrons. The minimum Gasteiger partial charge on any atom is -0.320 e. The molecule has 0 radical (unpaired) electrons. The van der Waals surface area contributed by atoms with Gasteiger partial charge in [-0.05, 0) is 32.0 Å². The number of halogens is 2. The van der Waals surface area contributed by atoms with Gasteiger partial charge in [-0.25, -0.2) is 9.37 Å². The highest BCUT2D eigenvalue weighted by molar-refractivity contribution is 7.10. The summed E-state index contributed by atoms with van der Waals surface area (Å²) >= 11 is 7.46. The average Bonchev–Trinajstić information content (AvgIpc) is 2.65. The van der Waals surface area contributed by atoms with E-state index < -0.39 is 5.54 Å². The molecule has 0 aliphatic heterocycles. The summed E-state index contributed by atoms with van der Waals surface area (Å²) in [5, 5.41) is 3.06. The quantitative estimate of drug-likeness (QED) is 0.902. The SMILES string of the molecule is CC(C)(N)c1nc(-c2ccc(F)cc2Cl)cs1. The first-order chi connectivity index (χ1) is 7.88. The molecule has 2 N–H and O–H groups in total. The van der Waals surface area contributed by atoms with E-state index in [1.165, 1.54) is 23.5 Å². The fourth-order valence-corrected chi connectivity index (χ4v) is 2.51. The Labute approximate surface area is 108 Å². The highest BCUT2D eigenvalue weighted by Crippen LogP contribution is 2.31. The van der Waals surface area contributed by atoms with E-state index in [0.29, 0.717) is 5.02 Å². The summed E-state index contributed by atoms with van der Waals surface area (Å²) in [4.78, 5) is 4.43. The lowest BCUT2D eigenvalue weighted by Crippen LogP contribution is -2.28. The maximum atomic E-state index is 12.9. The second kappa shape index (κ2) is 4.37. The normalized spacial score (nSPS) is 11.8. The number of benzene rings is 1. The summed E-state index contributed by atoms with van der Waals surface area (Å²) in [7, 11) is 0. The van der Waals surface area contributed by atoms with Crippen LogP contribution in [0.2, 0.25) is 5.02 Å². The molecule has 1 heterocycles. The van der Waals surface area contributed by atoms with Gasteiger partial charge in [-0.3, -0.25) is 0 Å². The van der Waals surface area contributed by atoms with Crippen molar-refractivity contribution in [2.24, 2.45) is 5.73 Å². The van der Waals surface area contributed by atoms with Gasteiger partial charge in [0.05, 0.1) is 16.3 Å². The number of hydrogen-bond donors (Lipinski definition) is 1. The topological polar surface area (TPSA) is 38.9 Å². The van der Waals surface area contributed by atoms with Crippen molar-refractivity contribution in [1.82, 2.24) is 4.98 Å². The summed E-state index contributed by atoms with van der Waals surface area (Å²) in [6.45, 7) is 3.78. The lowest BCUT2D eigenvalue weighted by Gasteiger charge is -2.13. The number of thiazole rings is 1. The molecule has 1 aromatic carbocycles. The Balaban J connectivity index is 2.44. The van der Waals surface area contributed by atoms with E-state index in [2.05, 4.69) is 4.98 Å². The molecular formula is C12H12ClFN2S. The van der Waals surface area contributed by atoms with E-state index in [-0.39, 0.29) is 5.82 Å². The maximum Gasteiger partial charge on any atom is 0.124 e. The predicted octanol–water partition coefficient (Wildman–Crippen LogP) is 3.80. The van der Waals surface area contributed by atoms with Gasteiger partial charge < -0.3 is 5.73 Å². The van der Waals surface area contributed by atoms with Crippen LogP contribution in [-0.4, -0.2) is 4.98 Å². The van der Waals surface area contributed by atoms with Gasteiger partial charge in [0.15, 0.2) is 0 Å². The Morgan fingerprint density at radius 2 is 2.12 bits per heavy atom. The summed E-state index contributed by atoms with van der Waals surface area (Å²) in [5.74, 6) is -0.353. The number of nitrogens with zero attached hydrogens (tertiary/aromatic N) is 1. The first kappa shape index (κ1) is 12.5. The number of hydrogen-bond acceptors (Lipinski definition) is 3. The van der Waals surface area contributed by atoms with Crippen molar-refractivity contribution < 1.29 is 4.39 Å². The molecule has 0 atom stereocenters. The number of rotatable bonds is 2. The van der Waals surface area contributed by atoms with Crippen LogP contribution in [0.3, 0.4) is 0 Å². The highest BCUT2D eigenvalue weighted by Gasteiger charge is 2.19. The van der Waals surface area contributed by atoms with Gasteiger partial charge in [0, 0.05) is 10.9 Å². The molecule has 0 aliphatic carbocycles. The molecule has 0 fully saturated rings. The summed E-state index contributed by atoms with van der Waals surface area (Å²) in [5.41, 5.74) is 6.94. The maximum absolute atomic E-state index is 12.9. The van der Waals surface area contributed by atoms with Crippen molar-refractivity contribution >= 4 is 22.9 Å². The first-order valence-electron chi connectivity index (χ1n) is 5.08. The van der Waals surface area contributed by atoms with Crippen molar-refractivity contribution in [3.63, 3.8) is 0 Å². The average molecular weight is 271 g/mol. The fraction of sp³-hybridized carbons (Fsp3) is 0.250. The lowest BCUT2D eigenvalue weighted by atomic mass is 10.1. The van der Waals surface area contributed by atoms with Crippen LogP contribution >= 0.6 is 22.9 Å². The first-order valence-corrected chi connectivity index (χ1v) is 6.34. The van der Waals surface area contributed by atoms with E-state index in [1.54, 1.807) is 6.07 Å². The van der Waals surface area contributed by atoms with E-state index in [9.17, 15) is 4.39 Å². The third kappa shape index (κ3) is 2.65. The van der Waals surface area contributed by atoms with Crippen molar-refractivity contribution in [2.45, 2.75) is 19.4 Å². The van der Waals surface area contributed by atoms with Crippen molar-refractivity contribution in [3.05, 3.63) is 39.4 Å². The van der Waals surface area contributed by atoms with Crippen LogP contribution in [0.25, 0.3) is 11.3 Å². The van der Waals surface area contributed by atoms with Crippen LogP contribution in [-0.2, 0) is 5.54 Å². The van der Waals surface area contributed by atoms with Gasteiger partial charge in [0.1, 0.15) is 10.8 Å². The molecule has 17 heavy (non-hydrogen) atoms. The van der Waals surface area contributed by atoms with Gasteiger partial charge >= 0.3 is 0 Å². The summed E-state index contributed by atoms with van der Waals surface area (Å²) < 4.78 is 12.9. The predicted molar refractivity (Wildman–Crippen MR) is 69.7 cm³/mol. The molecule has 2 rings (SSSR count). The van der Waals surface area contributed by atoms with Crippen molar-refractivity contribution in [1.29, 1.82) is 0 Å². The molecule has 1 aromatic heterocycles. The molecule has 0 aliphatic rings. The largest absolute Gasteiger partial charge is 0.320 e. The van der Waals surface area contributed by atoms with E-state index >= 15 is 0 Å². The van der Waals surface area contributed by atoms with Crippen LogP contribution < -0.4 is 5.73 Å². The summed E-state index contributed by atoms with van der Waals surface area (Å²) in [6.07, 6.45) is 0. The number of aromatic nitrogens is 1. The molecule has 2 aromatic rings. The molecule has 0 spiro atoms. The van der Waals surface area contributed by atoms with E-state index in [4.69, 9.17) is 17.3 Å². The van der Waals surface area contributed by atoms with Crippen LogP contribution in [0.1, 0.15) is 18.9 Å². The molecule has 0 bridgehead atoms. The molecule has 5 heteroatoms. The minimum atomic E-state index is -0.477. The highest BCUT2D eigenvalue weighted by atomic mass is 35.5.